The molecule has 0 amide bonds. The molecule has 7 heteroatoms. The van der Waals surface area contributed by atoms with Crippen molar-refractivity contribution in [3.05, 3.63) is 58.5 Å². The number of rotatable bonds is 2. The van der Waals surface area contributed by atoms with E-state index in [-0.39, 0.29) is 6.04 Å². The Hall–Kier alpha value is -2.38. The van der Waals surface area contributed by atoms with Gasteiger partial charge in [0, 0.05) is 25.9 Å². The minimum absolute atomic E-state index is 0.0634. The molecule has 3 heterocycles. The van der Waals surface area contributed by atoms with E-state index in [0.717, 1.165) is 28.7 Å². The highest BCUT2D eigenvalue weighted by Gasteiger charge is 2.31. The van der Waals surface area contributed by atoms with E-state index in [4.69, 9.17) is 17.3 Å². The van der Waals surface area contributed by atoms with Crippen molar-refractivity contribution in [3.63, 3.8) is 0 Å². The van der Waals surface area contributed by atoms with E-state index in [1.807, 2.05) is 24.2 Å². The predicted octanol–water partition coefficient (Wildman–Crippen LogP) is 3.35. The van der Waals surface area contributed by atoms with Gasteiger partial charge in [0.25, 0.3) is 0 Å². The summed E-state index contributed by atoms with van der Waals surface area (Å²) in [6.07, 6.45) is 4.23. The van der Waals surface area contributed by atoms with Crippen LogP contribution < -0.4 is 5.32 Å². The highest BCUT2D eigenvalue weighted by atomic mass is 32.1. The summed E-state index contributed by atoms with van der Waals surface area (Å²) in [5.74, 6) is 0. The SMILES string of the molecule is CNC(=S)N1N=C(c2cccs2)C[C@@H]1c1ccc2nccnc2c1. The molecule has 0 radical (unpaired) electrons. The zero-order valence-corrected chi connectivity index (χ0v) is 14.6. The van der Waals surface area contributed by atoms with Crippen LogP contribution in [-0.2, 0) is 0 Å². The number of thiophene rings is 1. The van der Waals surface area contributed by atoms with E-state index in [9.17, 15) is 0 Å². The number of hydrazone groups is 1. The summed E-state index contributed by atoms with van der Waals surface area (Å²) in [7, 11) is 1.82. The number of aromatic nitrogens is 2. The Morgan fingerprint density at radius 3 is 2.83 bits per heavy atom. The van der Waals surface area contributed by atoms with Crippen molar-refractivity contribution in [3.8, 4) is 0 Å². The number of nitrogens with zero attached hydrogens (tertiary/aromatic N) is 4. The molecular weight excluding hydrogens is 338 g/mol. The van der Waals surface area contributed by atoms with Crippen molar-refractivity contribution in [2.24, 2.45) is 5.10 Å². The molecule has 1 N–H and O–H groups in total. The molecule has 24 heavy (non-hydrogen) atoms. The normalized spacial score (nSPS) is 17.1. The molecule has 120 valence electrons. The van der Waals surface area contributed by atoms with Crippen LogP contribution in [0.25, 0.3) is 11.0 Å². The van der Waals surface area contributed by atoms with Gasteiger partial charge in [0.1, 0.15) is 0 Å². The van der Waals surface area contributed by atoms with Crippen molar-refractivity contribution in [1.29, 1.82) is 0 Å². The molecule has 2 aromatic heterocycles. The highest BCUT2D eigenvalue weighted by molar-refractivity contribution is 7.80. The third-order valence-corrected chi connectivity index (χ3v) is 5.33. The van der Waals surface area contributed by atoms with Crippen molar-refractivity contribution >= 4 is 45.4 Å². The van der Waals surface area contributed by atoms with Crippen LogP contribution in [0.5, 0.6) is 0 Å². The molecular formula is C17H15N5S2. The smallest absolute Gasteiger partial charge is 0.189 e. The van der Waals surface area contributed by atoms with Crippen LogP contribution in [0, 0.1) is 0 Å². The second-order valence-corrected chi connectivity index (χ2v) is 6.78. The van der Waals surface area contributed by atoms with Crippen molar-refractivity contribution in [2.45, 2.75) is 12.5 Å². The van der Waals surface area contributed by atoms with Gasteiger partial charge in [-0.15, -0.1) is 11.3 Å². The van der Waals surface area contributed by atoms with Gasteiger partial charge in [-0.25, -0.2) is 5.01 Å². The molecule has 1 atom stereocenters. The van der Waals surface area contributed by atoms with Gasteiger partial charge in [-0.05, 0) is 41.4 Å². The first-order chi connectivity index (χ1) is 11.8. The zero-order chi connectivity index (χ0) is 16.5. The summed E-state index contributed by atoms with van der Waals surface area (Å²) >= 11 is 7.15. The Bertz CT molecular complexity index is 920. The Labute approximate surface area is 149 Å². The van der Waals surface area contributed by atoms with E-state index >= 15 is 0 Å². The second-order valence-electron chi connectivity index (χ2n) is 5.45. The van der Waals surface area contributed by atoms with Crippen LogP contribution in [0.15, 0.2) is 53.2 Å². The molecule has 1 aliphatic rings. The number of nitrogens with one attached hydrogen (secondary N) is 1. The fourth-order valence-corrected chi connectivity index (χ4v) is 3.74. The third-order valence-electron chi connectivity index (χ3n) is 4.02. The van der Waals surface area contributed by atoms with Gasteiger partial charge in [0.15, 0.2) is 5.11 Å². The van der Waals surface area contributed by atoms with Crippen LogP contribution in [0.3, 0.4) is 0 Å². The summed E-state index contributed by atoms with van der Waals surface area (Å²) in [5, 5.41) is 12.4. The van der Waals surface area contributed by atoms with Crippen molar-refractivity contribution in [1.82, 2.24) is 20.3 Å². The van der Waals surface area contributed by atoms with Crippen molar-refractivity contribution in [2.75, 3.05) is 7.05 Å². The number of fused-ring (bicyclic) bond motifs is 1. The molecule has 4 rings (SSSR count). The van der Waals surface area contributed by atoms with Gasteiger partial charge in [-0.3, -0.25) is 9.97 Å². The molecule has 0 aliphatic carbocycles. The summed E-state index contributed by atoms with van der Waals surface area (Å²) < 4.78 is 0. The van der Waals surface area contributed by atoms with Crippen LogP contribution in [0.1, 0.15) is 22.9 Å². The van der Waals surface area contributed by atoms with Gasteiger partial charge in [-0.1, -0.05) is 12.1 Å². The van der Waals surface area contributed by atoms with Gasteiger partial charge >= 0.3 is 0 Å². The Morgan fingerprint density at radius 1 is 1.25 bits per heavy atom. The van der Waals surface area contributed by atoms with E-state index < -0.39 is 0 Å². The molecule has 1 aromatic carbocycles. The summed E-state index contributed by atoms with van der Waals surface area (Å²) in [6, 6.07) is 10.4. The van der Waals surface area contributed by atoms with Crippen molar-refractivity contribution < 1.29 is 0 Å². The van der Waals surface area contributed by atoms with E-state index in [0.29, 0.717) is 5.11 Å². The highest BCUT2D eigenvalue weighted by Crippen LogP contribution is 2.34. The van der Waals surface area contributed by atoms with Gasteiger partial charge < -0.3 is 5.32 Å². The average molecular weight is 353 g/mol. The quantitative estimate of drug-likeness (QED) is 0.716. The Morgan fingerprint density at radius 2 is 2.08 bits per heavy atom. The van der Waals surface area contributed by atoms with E-state index in [1.165, 1.54) is 4.88 Å². The Balaban J connectivity index is 1.73. The molecule has 0 spiro atoms. The first-order valence-electron chi connectivity index (χ1n) is 7.59. The fourth-order valence-electron chi connectivity index (χ4n) is 2.85. The van der Waals surface area contributed by atoms with Gasteiger partial charge in [0.05, 0.1) is 27.7 Å². The summed E-state index contributed by atoms with van der Waals surface area (Å²) in [6.45, 7) is 0. The molecule has 0 unspecified atom stereocenters. The number of hydrogen-bond acceptors (Lipinski definition) is 5. The molecule has 3 aromatic rings. The largest absolute Gasteiger partial charge is 0.364 e. The zero-order valence-electron chi connectivity index (χ0n) is 13.0. The average Bonchev–Trinajstić information content (AvgIpc) is 3.30. The molecule has 0 saturated carbocycles. The lowest BCUT2D eigenvalue weighted by molar-refractivity contribution is 0.367. The molecule has 1 aliphatic heterocycles. The molecule has 5 nitrogen and oxygen atoms in total. The first kappa shape index (κ1) is 15.2. The summed E-state index contributed by atoms with van der Waals surface area (Å²) in [5.41, 5.74) is 3.97. The maximum Gasteiger partial charge on any atom is 0.189 e. The van der Waals surface area contributed by atoms with Crippen LogP contribution >= 0.6 is 23.6 Å². The van der Waals surface area contributed by atoms with Crippen LogP contribution in [-0.4, -0.2) is 32.8 Å². The van der Waals surface area contributed by atoms with E-state index in [2.05, 4.69) is 38.9 Å². The maximum absolute atomic E-state index is 5.45. The van der Waals surface area contributed by atoms with Crippen LogP contribution in [0.2, 0.25) is 0 Å². The maximum atomic E-state index is 5.45. The first-order valence-corrected chi connectivity index (χ1v) is 8.88. The standard InChI is InChI=1S/C17H15N5S2/c1-18-17(23)22-15(10-14(21-22)16-3-2-8-24-16)11-4-5-12-13(9-11)20-7-6-19-12/h2-9,15H,10H2,1H3,(H,18,23)/t15-/m1/s1. The number of hydrogen-bond donors (Lipinski definition) is 1. The van der Waals surface area contributed by atoms with Gasteiger partial charge in [0.2, 0.25) is 0 Å². The summed E-state index contributed by atoms with van der Waals surface area (Å²) in [4.78, 5) is 9.92. The van der Waals surface area contributed by atoms with Crippen LogP contribution in [0.4, 0.5) is 0 Å². The third kappa shape index (κ3) is 2.65. The fraction of sp³-hybridized carbons (Fsp3) is 0.176. The number of thiocarbonyl (C=S) groups is 1. The number of benzene rings is 1. The lowest BCUT2D eigenvalue weighted by atomic mass is 10.0. The Kier molecular flexibility index (Phi) is 3.95. The van der Waals surface area contributed by atoms with Gasteiger partial charge in [-0.2, -0.15) is 5.10 Å². The predicted molar refractivity (Wildman–Crippen MR) is 101 cm³/mol. The van der Waals surface area contributed by atoms with E-state index in [1.54, 1.807) is 23.7 Å². The second kappa shape index (κ2) is 6.26. The monoisotopic (exact) mass is 353 g/mol. The minimum atomic E-state index is 0.0634. The molecule has 0 saturated heterocycles. The minimum Gasteiger partial charge on any atom is -0.364 e. The molecule has 0 bridgehead atoms. The molecule has 0 fully saturated rings. The lowest BCUT2D eigenvalue weighted by Gasteiger charge is -2.23. The topological polar surface area (TPSA) is 53.4 Å². The lowest BCUT2D eigenvalue weighted by Crippen LogP contribution is -2.34.